The maximum atomic E-state index is 11.4. The molecule has 4 aromatic carbocycles. The minimum absolute atomic E-state index is 0.0168. The van der Waals surface area contributed by atoms with Crippen molar-refractivity contribution in [2.24, 2.45) is 20.0 Å². The lowest BCUT2D eigenvalue weighted by molar-refractivity contribution is -0.861. The minimum Gasteiger partial charge on any atom is -0.492 e. The summed E-state index contributed by atoms with van der Waals surface area (Å²) < 4.78 is 1.87. The number of H-pyrrole nitrogens is 2. The standard InChI is InChI=1S/C64H70N12O4/c1-73(2,3)37-57(77)69-45-25-17-13-21-41(45)61-49-29-31-51(65-49)62(42-22-14-18-26-46(42)70-58(78)38-74(4,5)6)53-33-35-55(67-53)64(44-24-16-20-28-48(44)72-60(80)40-76(10,11)12)56-36-34-54(68-56)63(52-32-30-50(61)66-52)43-23-15-19-27-47(43)71-59(79)39-75(7,8)9/h13-36H,37-40H2,1-12H3,(H2-4,65,66,67,68,69,70,71,72,77,78,79,80)/p+4. The molecule has 80 heavy (non-hydrogen) atoms. The van der Waals surface area contributed by atoms with Gasteiger partial charge in [-0.05, 0) is 72.8 Å². The highest BCUT2D eigenvalue weighted by atomic mass is 16.3. The summed E-state index contributed by atoms with van der Waals surface area (Å²) in [6.45, 7) is 1.20. The van der Waals surface area contributed by atoms with Crippen molar-refractivity contribution in [3.63, 3.8) is 0 Å². The zero-order valence-electron chi connectivity index (χ0n) is 47.9. The number of aliphatic hydroxyl groups excluding tert-OH is 4. The van der Waals surface area contributed by atoms with E-state index in [1.807, 2.05) is 230 Å². The molecule has 0 radical (unpaired) electrons. The van der Waals surface area contributed by atoms with Gasteiger partial charge in [0.2, 0.25) is 23.6 Å². The maximum Gasteiger partial charge on any atom is 0.243 e. The van der Waals surface area contributed by atoms with Crippen molar-refractivity contribution < 1.29 is 38.4 Å². The molecule has 0 saturated carbocycles. The average Bonchev–Trinajstić information content (AvgIpc) is 4.22. The Balaban J connectivity index is 1.47. The number of benzene rings is 4. The average molecular weight is 1080 g/mol. The highest BCUT2D eigenvalue weighted by Crippen LogP contribution is 2.44. The van der Waals surface area contributed by atoms with Crippen LogP contribution in [0.25, 0.3) is 90.9 Å². The predicted octanol–water partition coefficient (Wildman–Crippen LogP) is 12.5. The van der Waals surface area contributed by atoms with E-state index in [2.05, 4.69) is 9.97 Å². The number of hydrogen-bond acceptors (Lipinski definition) is 6. The molecule has 2 aliphatic rings. The molecule has 0 saturated heterocycles. The first-order valence-electron chi connectivity index (χ1n) is 26.6. The first kappa shape index (κ1) is 55.9. The summed E-state index contributed by atoms with van der Waals surface area (Å²) in [7, 11) is 24.0. The summed E-state index contributed by atoms with van der Waals surface area (Å²) in [6, 6.07) is 39.0. The van der Waals surface area contributed by atoms with Crippen LogP contribution in [0, 0.1) is 0 Å². The molecule has 6 N–H and O–H groups in total. The second-order valence-electron chi connectivity index (χ2n) is 24.5. The molecule has 16 heteroatoms. The number of nitrogens with one attached hydrogen (secondary N) is 2. The molecule has 0 unspecified atom stereocenters. The van der Waals surface area contributed by atoms with Gasteiger partial charge in [-0.15, -0.1) is 0 Å². The van der Waals surface area contributed by atoms with E-state index in [0.29, 0.717) is 134 Å². The van der Waals surface area contributed by atoms with E-state index in [9.17, 15) is 20.4 Å². The molecule has 5 heterocycles. The quantitative estimate of drug-likeness (QED) is 0.0317. The molecule has 0 aliphatic carbocycles. The summed E-state index contributed by atoms with van der Waals surface area (Å²) in [5.41, 5.74) is 13.2. The molecule has 2 aliphatic heterocycles. The first-order valence-corrected chi connectivity index (χ1v) is 26.6. The van der Waals surface area contributed by atoms with Crippen LogP contribution in [0.4, 0.5) is 22.7 Å². The van der Waals surface area contributed by atoms with Crippen molar-refractivity contribution in [1.29, 1.82) is 0 Å². The molecule has 16 nitrogen and oxygen atoms in total. The lowest BCUT2D eigenvalue weighted by atomic mass is 10.0. The number of quaternary nitrogens is 4. The summed E-state index contributed by atoms with van der Waals surface area (Å²) in [4.78, 5) is 38.1. The van der Waals surface area contributed by atoms with Crippen molar-refractivity contribution in [3.05, 3.63) is 144 Å². The van der Waals surface area contributed by atoms with Crippen molar-refractivity contribution in [3.8, 4) is 44.5 Å². The molecule has 0 atom stereocenters. The van der Waals surface area contributed by atoms with Gasteiger partial charge in [-0.3, -0.25) is 0 Å². The zero-order valence-corrected chi connectivity index (χ0v) is 47.9. The second-order valence-corrected chi connectivity index (χ2v) is 24.5. The van der Waals surface area contributed by atoms with Crippen LogP contribution in [0.5, 0.6) is 0 Å². The number of rotatable bonds is 16. The Morgan fingerprint density at radius 1 is 0.325 bits per heavy atom. The van der Waals surface area contributed by atoms with Gasteiger partial charge in [-0.2, -0.15) is 0 Å². The van der Waals surface area contributed by atoms with Crippen LogP contribution in [0.3, 0.4) is 0 Å². The molecule has 7 aromatic rings. The number of aliphatic hydroxyl groups is 4. The van der Waals surface area contributed by atoms with Gasteiger partial charge in [0.25, 0.3) is 0 Å². The number of nitrogens with zero attached hydrogens (tertiary/aromatic N) is 10. The molecular weight excluding hydrogens is 1000 g/mol. The van der Waals surface area contributed by atoms with Crippen LogP contribution in [0.1, 0.15) is 22.8 Å². The first-order chi connectivity index (χ1) is 37.8. The predicted molar refractivity (Wildman–Crippen MR) is 331 cm³/mol. The number of aromatic nitrogens is 4. The monoisotopic (exact) mass is 1070 g/mol. The van der Waals surface area contributed by atoms with E-state index in [1.54, 1.807) is 0 Å². The van der Waals surface area contributed by atoms with Crippen LogP contribution in [-0.4, -0.2) is 193 Å². The number of likely N-dealkylation sites (N-methyl/N-ethyl adjacent to an activating group) is 4. The third-order valence-electron chi connectivity index (χ3n) is 12.9. The van der Waals surface area contributed by atoms with Crippen molar-refractivity contribution in [2.45, 2.75) is 0 Å². The summed E-state index contributed by atoms with van der Waals surface area (Å²) in [6.07, 6.45) is 7.96. The van der Waals surface area contributed by atoms with E-state index in [1.165, 1.54) is 0 Å². The highest BCUT2D eigenvalue weighted by Gasteiger charge is 2.25. The SMILES string of the molecule is C[N+](C)(C)CC(O)=Nc1ccccc1-c1c2nc(c(-c3ccccc3N=C(O)C[N+](C)(C)C)c3ccc([nH]3)c(-c3ccccc3N=C(O)C[N+](C)(C)C)c3nc(c(-c4ccccc4N=C(O)C[N+](C)(C)C)c4ccc1[nH]4)C=C3)C=C2. The zero-order chi connectivity index (χ0) is 57.3. The van der Waals surface area contributed by atoms with Gasteiger partial charge in [0.1, 0.15) is 0 Å². The van der Waals surface area contributed by atoms with Crippen LogP contribution in [0.15, 0.2) is 141 Å². The number of aromatic amines is 2. The number of aliphatic imine (C=N–C) groups is 4. The normalized spacial score (nSPS) is 13.8. The molecule has 0 spiro atoms. The fourth-order valence-corrected chi connectivity index (χ4v) is 9.86. The van der Waals surface area contributed by atoms with Gasteiger partial charge >= 0.3 is 0 Å². The summed E-state index contributed by atoms with van der Waals surface area (Å²) in [5.74, 6) is -0.0671. The van der Waals surface area contributed by atoms with Crippen molar-refractivity contribution in [1.82, 2.24) is 19.9 Å². The molecule has 3 aromatic heterocycles. The van der Waals surface area contributed by atoms with Crippen molar-refractivity contribution >= 4 is 92.7 Å². The number of para-hydroxylation sites is 4. The Hall–Kier alpha value is -8.80. The Kier molecular flexibility index (Phi) is 15.5. The van der Waals surface area contributed by atoms with E-state index in [-0.39, 0.29) is 23.6 Å². The molecular formula is C64H74N12O4+4. The number of hydrogen-bond donors (Lipinski definition) is 6. The maximum absolute atomic E-state index is 11.4. The van der Waals surface area contributed by atoms with E-state index >= 15 is 0 Å². The van der Waals surface area contributed by atoms with E-state index < -0.39 is 0 Å². The second kappa shape index (κ2) is 22.1. The van der Waals surface area contributed by atoms with Crippen LogP contribution in [0.2, 0.25) is 0 Å². The fraction of sp³-hybridized carbons (Fsp3) is 0.250. The topological polar surface area (TPSA) is 188 Å². The van der Waals surface area contributed by atoms with Gasteiger partial charge in [0.15, 0.2) is 26.2 Å². The lowest BCUT2D eigenvalue weighted by Gasteiger charge is -2.22. The third-order valence-corrected chi connectivity index (χ3v) is 12.9. The number of fused-ring (bicyclic) bond motifs is 8. The van der Waals surface area contributed by atoms with Crippen molar-refractivity contribution in [2.75, 3.05) is 111 Å². The largest absolute Gasteiger partial charge is 0.492 e. The Morgan fingerprint density at radius 3 is 0.725 bits per heavy atom. The van der Waals surface area contributed by atoms with Gasteiger partial charge in [0.05, 0.1) is 130 Å². The van der Waals surface area contributed by atoms with E-state index in [0.717, 1.165) is 22.3 Å². The van der Waals surface area contributed by atoms with Crippen LogP contribution in [-0.2, 0) is 0 Å². The van der Waals surface area contributed by atoms with Gasteiger partial charge in [0, 0.05) is 66.6 Å². The van der Waals surface area contributed by atoms with E-state index in [4.69, 9.17) is 29.9 Å². The van der Waals surface area contributed by atoms with Gasteiger partial charge in [-0.1, -0.05) is 72.8 Å². The minimum atomic E-state index is -0.0168. The van der Waals surface area contributed by atoms with Crippen LogP contribution < -0.4 is 0 Å². The smallest absolute Gasteiger partial charge is 0.243 e. The summed E-state index contributed by atoms with van der Waals surface area (Å²) >= 11 is 0. The Morgan fingerprint density at radius 2 is 0.525 bits per heavy atom. The molecule has 0 fully saturated rings. The Labute approximate surface area is 468 Å². The molecule has 8 bridgehead atoms. The highest BCUT2D eigenvalue weighted by molar-refractivity contribution is 6.04. The molecule has 0 amide bonds. The fourth-order valence-electron chi connectivity index (χ4n) is 9.86. The van der Waals surface area contributed by atoms with Gasteiger partial charge < -0.3 is 48.3 Å². The molecule has 9 rings (SSSR count). The third kappa shape index (κ3) is 13.4. The lowest BCUT2D eigenvalue weighted by Crippen LogP contribution is -2.39. The molecule has 410 valence electrons. The summed E-state index contributed by atoms with van der Waals surface area (Å²) in [5, 5.41) is 45.7. The van der Waals surface area contributed by atoms with Crippen LogP contribution >= 0.6 is 0 Å². The van der Waals surface area contributed by atoms with Gasteiger partial charge in [-0.25, -0.2) is 29.9 Å². The Bertz CT molecular complexity index is 3390.